The summed E-state index contributed by atoms with van der Waals surface area (Å²) in [5.74, 6) is 0.366. The molecule has 100 valence electrons. The van der Waals surface area contributed by atoms with Crippen LogP contribution in [0.5, 0.6) is 0 Å². The first kappa shape index (κ1) is 13.1. The highest BCUT2D eigenvalue weighted by atomic mass is 16.5. The van der Waals surface area contributed by atoms with Crippen LogP contribution in [0.2, 0.25) is 0 Å². The maximum atomic E-state index is 11.1. The van der Waals surface area contributed by atoms with Gasteiger partial charge in [0.05, 0.1) is 18.3 Å². The molecule has 0 spiro atoms. The largest absolute Gasteiger partial charge is 0.478 e. The summed E-state index contributed by atoms with van der Waals surface area (Å²) >= 11 is 0. The Bertz CT molecular complexity index is 565. The molecule has 0 aromatic carbocycles. The number of nitrogens with one attached hydrogen (secondary N) is 1. The molecule has 6 heteroatoms. The van der Waals surface area contributed by atoms with Crippen LogP contribution in [-0.2, 0) is 6.54 Å². The van der Waals surface area contributed by atoms with Gasteiger partial charge in [0.2, 0.25) is 0 Å². The molecule has 0 aliphatic carbocycles. The molecule has 0 saturated carbocycles. The molecule has 0 aliphatic rings. The number of carboxylic acids is 1. The van der Waals surface area contributed by atoms with Crippen LogP contribution >= 0.6 is 0 Å². The fraction of sp³-hybridized carbons (Fsp3) is 0.308. The van der Waals surface area contributed by atoms with Gasteiger partial charge in [-0.2, -0.15) is 0 Å². The fourth-order valence-corrected chi connectivity index (χ4v) is 1.57. The van der Waals surface area contributed by atoms with E-state index in [-0.39, 0.29) is 11.5 Å². The molecule has 0 saturated heterocycles. The van der Waals surface area contributed by atoms with E-state index >= 15 is 0 Å². The Labute approximate surface area is 110 Å². The summed E-state index contributed by atoms with van der Waals surface area (Å²) in [5.41, 5.74) is 0.957. The zero-order valence-electron chi connectivity index (χ0n) is 10.8. The van der Waals surface area contributed by atoms with Crippen LogP contribution < -0.4 is 5.32 Å². The topological polar surface area (TPSA) is 88.2 Å². The zero-order chi connectivity index (χ0) is 13.8. The van der Waals surface area contributed by atoms with Gasteiger partial charge >= 0.3 is 5.97 Å². The van der Waals surface area contributed by atoms with Crippen molar-refractivity contribution < 1.29 is 14.4 Å². The third kappa shape index (κ3) is 3.31. The molecule has 2 heterocycles. The van der Waals surface area contributed by atoms with E-state index in [1.54, 1.807) is 18.3 Å². The quantitative estimate of drug-likeness (QED) is 0.859. The van der Waals surface area contributed by atoms with E-state index in [0.717, 1.165) is 5.69 Å². The van der Waals surface area contributed by atoms with E-state index in [2.05, 4.69) is 15.5 Å². The highest BCUT2D eigenvalue weighted by molar-refractivity contribution is 5.88. The molecule has 0 amide bonds. The van der Waals surface area contributed by atoms with Crippen molar-refractivity contribution >= 4 is 11.8 Å². The Balaban J connectivity index is 2.21. The lowest BCUT2D eigenvalue weighted by molar-refractivity contribution is 0.0696. The molecule has 6 nitrogen and oxygen atoms in total. The maximum absolute atomic E-state index is 11.1. The van der Waals surface area contributed by atoms with Crippen molar-refractivity contribution in [2.45, 2.75) is 26.3 Å². The van der Waals surface area contributed by atoms with E-state index in [1.165, 1.54) is 6.07 Å². The second kappa shape index (κ2) is 5.51. The number of pyridine rings is 1. The molecule has 0 bridgehead atoms. The van der Waals surface area contributed by atoms with Crippen LogP contribution in [0.15, 0.2) is 28.9 Å². The van der Waals surface area contributed by atoms with Crippen molar-refractivity contribution in [1.82, 2.24) is 10.1 Å². The second-order valence-electron chi connectivity index (χ2n) is 4.46. The van der Waals surface area contributed by atoms with Crippen molar-refractivity contribution in [2.75, 3.05) is 5.32 Å². The van der Waals surface area contributed by atoms with Gasteiger partial charge in [-0.25, -0.2) is 9.78 Å². The first-order chi connectivity index (χ1) is 9.06. The number of carboxylic acid groups (broad SMARTS) is 1. The molecule has 19 heavy (non-hydrogen) atoms. The smallest absolute Gasteiger partial charge is 0.335 e. The molecule has 0 fully saturated rings. The minimum absolute atomic E-state index is 0.158. The lowest BCUT2D eigenvalue weighted by Gasteiger charge is -2.10. The van der Waals surface area contributed by atoms with Gasteiger partial charge in [-0.1, -0.05) is 19.0 Å². The highest BCUT2D eigenvalue weighted by Crippen LogP contribution is 2.18. The van der Waals surface area contributed by atoms with Gasteiger partial charge in [-0.15, -0.1) is 0 Å². The van der Waals surface area contributed by atoms with Crippen molar-refractivity contribution in [3.63, 3.8) is 0 Å². The predicted molar refractivity (Wildman–Crippen MR) is 69.1 cm³/mol. The second-order valence-corrected chi connectivity index (χ2v) is 4.46. The molecule has 0 radical (unpaired) electrons. The number of aromatic nitrogens is 2. The maximum Gasteiger partial charge on any atom is 0.335 e. The monoisotopic (exact) mass is 261 g/mol. The number of anilines is 1. The molecule has 0 unspecified atom stereocenters. The lowest BCUT2D eigenvalue weighted by Crippen LogP contribution is -2.07. The molecule has 0 aliphatic heterocycles. The van der Waals surface area contributed by atoms with Gasteiger partial charge < -0.3 is 14.9 Å². The minimum Gasteiger partial charge on any atom is -0.478 e. The Morgan fingerprint density at radius 3 is 2.84 bits per heavy atom. The number of nitrogens with zero attached hydrogens (tertiary/aromatic N) is 2. The number of carbonyl (C=O) groups is 1. The average molecular weight is 261 g/mol. The number of hydrogen-bond donors (Lipinski definition) is 2. The first-order valence-electron chi connectivity index (χ1n) is 5.95. The molecule has 2 N–H and O–H groups in total. The average Bonchev–Trinajstić information content (AvgIpc) is 2.89. The summed E-state index contributed by atoms with van der Waals surface area (Å²) in [5, 5.41) is 15.7. The first-order valence-corrected chi connectivity index (χ1v) is 5.95. The minimum atomic E-state index is -0.966. The van der Waals surface area contributed by atoms with E-state index in [1.807, 2.05) is 13.8 Å². The summed E-state index contributed by atoms with van der Waals surface area (Å²) in [6.45, 7) is 4.34. The molecule has 2 rings (SSSR count). The fourth-order valence-electron chi connectivity index (χ4n) is 1.57. The Hall–Kier alpha value is -2.37. The number of aromatic carboxylic acids is 1. The van der Waals surface area contributed by atoms with Gasteiger partial charge in [0.15, 0.2) is 5.76 Å². The Morgan fingerprint density at radius 2 is 2.26 bits per heavy atom. The van der Waals surface area contributed by atoms with Crippen LogP contribution in [0.25, 0.3) is 0 Å². The zero-order valence-corrected chi connectivity index (χ0v) is 10.8. The van der Waals surface area contributed by atoms with Crippen molar-refractivity contribution in [3.05, 3.63) is 41.4 Å². The van der Waals surface area contributed by atoms with Crippen LogP contribution in [0.3, 0.4) is 0 Å². The van der Waals surface area contributed by atoms with Crippen LogP contribution in [0, 0.1) is 0 Å². The van der Waals surface area contributed by atoms with Gasteiger partial charge in [-0.3, -0.25) is 0 Å². The van der Waals surface area contributed by atoms with E-state index < -0.39 is 5.97 Å². The predicted octanol–water partition coefficient (Wildman–Crippen LogP) is 2.50. The van der Waals surface area contributed by atoms with Crippen molar-refractivity contribution in [3.8, 4) is 0 Å². The Morgan fingerprint density at radius 1 is 1.47 bits per heavy atom. The number of rotatable bonds is 5. The lowest BCUT2D eigenvalue weighted by atomic mass is 10.1. The van der Waals surface area contributed by atoms with Gasteiger partial charge in [-0.05, 0) is 18.1 Å². The molecule has 2 aromatic heterocycles. The Kier molecular flexibility index (Phi) is 3.79. The number of hydrogen-bond acceptors (Lipinski definition) is 5. The van der Waals surface area contributed by atoms with E-state index in [4.69, 9.17) is 9.63 Å². The summed E-state index contributed by atoms with van der Waals surface area (Å²) < 4.78 is 4.95. The van der Waals surface area contributed by atoms with Crippen LogP contribution in [-0.4, -0.2) is 21.2 Å². The molecular weight excluding hydrogens is 246 g/mol. The van der Waals surface area contributed by atoms with Crippen molar-refractivity contribution in [2.24, 2.45) is 0 Å². The van der Waals surface area contributed by atoms with Crippen LogP contribution in [0.1, 0.15) is 41.6 Å². The summed E-state index contributed by atoms with van der Waals surface area (Å²) in [4.78, 5) is 15.5. The normalized spacial score (nSPS) is 10.7. The summed E-state index contributed by atoms with van der Waals surface area (Å²) in [7, 11) is 0. The van der Waals surface area contributed by atoms with Gasteiger partial charge in [0.1, 0.15) is 5.82 Å². The van der Waals surface area contributed by atoms with Gasteiger partial charge in [0.25, 0.3) is 0 Å². The third-order valence-electron chi connectivity index (χ3n) is 2.62. The van der Waals surface area contributed by atoms with Crippen molar-refractivity contribution in [1.29, 1.82) is 0 Å². The summed E-state index contributed by atoms with van der Waals surface area (Å²) in [6.07, 6.45) is 1.55. The molecule has 2 aromatic rings. The molecule has 0 atom stereocenters. The van der Waals surface area contributed by atoms with Gasteiger partial charge in [0, 0.05) is 11.8 Å². The standard InChI is InChI=1S/C13H15N3O3/c1-8(2)11-5-9(13(17)18)6-12(16-11)14-7-10-3-4-15-19-10/h3-6,8H,7H2,1-2H3,(H,14,16)(H,17,18). The summed E-state index contributed by atoms with van der Waals surface area (Å²) in [6, 6.07) is 4.83. The third-order valence-corrected chi connectivity index (χ3v) is 2.62. The van der Waals surface area contributed by atoms with Crippen LogP contribution in [0.4, 0.5) is 5.82 Å². The van der Waals surface area contributed by atoms with E-state index in [0.29, 0.717) is 18.1 Å². The highest BCUT2D eigenvalue weighted by Gasteiger charge is 2.11. The van der Waals surface area contributed by atoms with E-state index in [9.17, 15) is 4.79 Å². The molecular formula is C13H15N3O3. The SMILES string of the molecule is CC(C)c1cc(C(=O)O)cc(NCc2ccno2)n1.